The minimum Gasteiger partial charge on any atom is -0.480 e. The van der Waals surface area contributed by atoms with Gasteiger partial charge in [-0.25, -0.2) is 9.78 Å². The van der Waals surface area contributed by atoms with Gasteiger partial charge in [-0.05, 0) is 6.92 Å². The van der Waals surface area contributed by atoms with Crippen molar-refractivity contribution in [3.63, 3.8) is 0 Å². The van der Waals surface area contributed by atoms with Crippen LogP contribution in [-0.4, -0.2) is 35.4 Å². The first kappa shape index (κ1) is 13.4. The zero-order valence-electron chi connectivity index (χ0n) is 10.5. The molecule has 2 aromatic heterocycles. The summed E-state index contributed by atoms with van der Waals surface area (Å²) in [6, 6.07) is 0. The lowest BCUT2D eigenvalue weighted by molar-refractivity contribution is -0.136. The number of nitrogens with zero attached hydrogens (tertiary/aromatic N) is 3. The molecule has 102 valence electrons. The van der Waals surface area contributed by atoms with Crippen LogP contribution in [0.25, 0.3) is 11.2 Å². The lowest BCUT2D eigenvalue weighted by Crippen LogP contribution is -2.33. The van der Waals surface area contributed by atoms with Crippen molar-refractivity contribution in [2.24, 2.45) is 14.1 Å². The Balaban J connectivity index is 2.64. The van der Waals surface area contributed by atoms with Gasteiger partial charge in [0.15, 0.2) is 16.3 Å². The number of carboxylic acids is 1. The molecule has 0 unspecified atom stereocenters. The maximum Gasteiger partial charge on any atom is 0.329 e. The SMILES string of the molecule is C[C@@H](Sc1nc2[nH]c(=O)n(C)c(=O)c2n1C)C(=O)O. The first-order valence-electron chi connectivity index (χ1n) is 5.38. The van der Waals surface area contributed by atoms with E-state index in [0.717, 1.165) is 16.3 Å². The highest BCUT2D eigenvalue weighted by atomic mass is 32.2. The van der Waals surface area contributed by atoms with Gasteiger partial charge in [0.25, 0.3) is 5.56 Å². The van der Waals surface area contributed by atoms with E-state index in [9.17, 15) is 14.4 Å². The normalized spacial score (nSPS) is 12.8. The van der Waals surface area contributed by atoms with E-state index in [1.54, 1.807) is 7.05 Å². The number of carboxylic acid groups (broad SMARTS) is 1. The first-order chi connectivity index (χ1) is 8.82. The third kappa shape index (κ3) is 2.16. The maximum absolute atomic E-state index is 12.0. The number of nitrogens with one attached hydrogen (secondary N) is 1. The van der Waals surface area contributed by atoms with E-state index in [1.165, 1.54) is 18.5 Å². The average Bonchev–Trinajstić information content (AvgIpc) is 2.63. The number of rotatable bonds is 3. The van der Waals surface area contributed by atoms with E-state index in [1.807, 2.05) is 0 Å². The van der Waals surface area contributed by atoms with E-state index < -0.39 is 22.5 Å². The molecule has 2 aromatic rings. The third-order valence-electron chi connectivity index (χ3n) is 2.72. The van der Waals surface area contributed by atoms with Gasteiger partial charge in [0.2, 0.25) is 0 Å². The molecule has 0 aliphatic rings. The molecule has 2 N–H and O–H groups in total. The van der Waals surface area contributed by atoms with Crippen LogP contribution < -0.4 is 11.2 Å². The van der Waals surface area contributed by atoms with Crippen molar-refractivity contribution in [3.05, 3.63) is 20.8 Å². The third-order valence-corrected chi connectivity index (χ3v) is 3.85. The minimum atomic E-state index is -0.974. The molecule has 0 radical (unpaired) electrons. The van der Waals surface area contributed by atoms with Crippen molar-refractivity contribution < 1.29 is 9.90 Å². The van der Waals surface area contributed by atoms with Crippen LogP contribution in [0.3, 0.4) is 0 Å². The molecular weight excluding hydrogens is 272 g/mol. The van der Waals surface area contributed by atoms with Gasteiger partial charge in [-0.15, -0.1) is 0 Å². The van der Waals surface area contributed by atoms with Gasteiger partial charge in [-0.2, -0.15) is 0 Å². The second-order valence-electron chi connectivity index (χ2n) is 4.04. The summed E-state index contributed by atoms with van der Waals surface area (Å²) in [5.74, 6) is -0.974. The Kier molecular flexibility index (Phi) is 3.23. The number of imidazole rings is 1. The Labute approximate surface area is 111 Å². The lowest BCUT2D eigenvalue weighted by atomic mass is 10.5. The molecule has 0 fully saturated rings. The van der Waals surface area contributed by atoms with E-state index >= 15 is 0 Å². The minimum absolute atomic E-state index is 0.163. The van der Waals surface area contributed by atoms with Crippen LogP contribution in [0.2, 0.25) is 0 Å². The van der Waals surface area contributed by atoms with Gasteiger partial charge in [0.1, 0.15) is 5.25 Å². The molecule has 0 aromatic carbocycles. The fraction of sp³-hybridized carbons (Fsp3) is 0.400. The molecule has 2 heterocycles. The van der Waals surface area contributed by atoms with Gasteiger partial charge >= 0.3 is 11.7 Å². The molecule has 8 nitrogen and oxygen atoms in total. The molecule has 1 atom stereocenters. The smallest absolute Gasteiger partial charge is 0.329 e. The van der Waals surface area contributed by atoms with Crippen molar-refractivity contribution in [2.45, 2.75) is 17.3 Å². The largest absolute Gasteiger partial charge is 0.480 e. The van der Waals surface area contributed by atoms with Crippen LogP contribution >= 0.6 is 11.8 Å². The predicted octanol–water partition coefficient (Wildman–Crippen LogP) is -0.475. The van der Waals surface area contributed by atoms with Gasteiger partial charge in [-0.1, -0.05) is 11.8 Å². The second-order valence-corrected chi connectivity index (χ2v) is 5.35. The predicted molar refractivity (Wildman–Crippen MR) is 69.5 cm³/mol. The molecule has 0 spiro atoms. The second kappa shape index (κ2) is 4.57. The number of hydrogen-bond donors (Lipinski definition) is 2. The summed E-state index contributed by atoms with van der Waals surface area (Å²) in [5.41, 5.74) is -0.625. The number of hydrogen-bond acceptors (Lipinski definition) is 5. The number of aromatic amines is 1. The summed E-state index contributed by atoms with van der Waals surface area (Å²) >= 11 is 1.01. The Bertz CT molecular complexity index is 772. The van der Waals surface area contributed by atoms with E-state index in [-0.39, 0.29) is 11.2 Å². The van der Waals surface area contributed by atoms with Crippen LogP contribution in [-0.2, 0) is 18.9 Å². The standard InChI is InChI=1S/C10H12N4O4S/c1-4(8(16)17)19-10-12-6-5(13(10)2)7(15)14(3)9(18)11-6/h4H,1-3H3,(H,11,18)(H,16,17)/t4-/m1/s1. The van der Waals surface area contributed by atoms with Gasteiger partial charge in [-0.3, -0.25) is 19.1 Å². The zero-order valence-corrected chi connectivity index (χ0v) is 11.3. The van der Waals surface area contributed by atoms with Crippen LogP contribution in [0.5, 0.6) is 0 Å². The number of fused-ring (bicyclic) bond motifs is 1. The number of aromatic nitrogens is 4. The van der Waals surface area contributed by atoms with Crippen molar-refractivity contribution in [3.8, 4) is 0 Å². The van der Waals surface area contributed by atoms with Crippen LogP contribution in [0.4, 0.5) is 0 Å². The Morgan fingerprint density at radius 1 is 1.37 bits per heavy atom. The average molecular weight is 284 g/mol. The zero-order chi connectivity index (χ0) is 14.3. The van der Waals surface area contributed by atoms with Gasteiger partial charge < -0.3 is 9.67 Å². The molecule has 0 saturated heterocycles. The number of aryl methyl sites for hydroxylation is 1. The summed E-state index contributed by atoms with van der Waals surface area (Å²) in [6.07, 6.45) is 0. The number of H-pyrrole nitrogens is 1. The van der Waals surface area contributed by atoms with E-state index in [2.05, 4.69) is 9.97 Å². The van der Waals surface area contributed by atoms with Crippen molar-refractivity contribution in [1.29, 1.82) is 0 Å². The number of thioether (sulfide) groups is 1. The maximum atomic E-state index is 12.0. The van der Waals surface area contributed by atoms with Crippen LogP contribution in [0, 0.1) is 0 Å². The molecule has 0 aliphatic heterocycles. The number of aliphatic carboxylic acids is 1. The summed E-state index contributed by atoms with van der Waals surface area (Å²) in [4.78, 5) is 40.8. The molecule has 0 aliphatic carbocycles. The topological polar surface area (TPSA) is 110 Å². The Hall–Kier alpha value is -2.03. The van der Waals surface area contributed by atoms with Crippen LogP contribution in [0.15, 0.2) is 14.7 Å². The first-order valence-corrected chi connectivity index (χ1v) is 6.26. The van der Waals surface area contributed by atoms with E-state index in [0.29, 0.717) is 5.16 Å². The van der Waals surface area contributed by atoms with Crippen LogP contribution in [0.1, 0.15) is 6.92 Å². The summed E-state index contributed by atoms with van der Waals surface area (Å²) in [7, 11) is 2.96. The monoisotopic (exact) mass is 284 g/mol. The molecule has 0 amide bonds. The van der Waals surface area contributed by atoms with Gasteiger partial charge in [0, 0.05) is 14.1 Å². The summed E-state index contributed by atoms with van der Waals surface area (Å²) in [6.45, 7) is 1.52. The highest BCUT2D eigenvalue weighted by Crippen LogP contribution is 2.23. The molecule has 0 saturated carbocycles. The van der Waals surface area contributed by atoms with Crippen molar-refractivity contribution in [1.82, 2.24) is 19.1 Å². The number of carbonyl (C=O) groups is 1. The van der Waals surface area contributed by atoms with Crippen molar-refractivity contribution >= 4 is 28.9 Å². The lowest BCUT2D eigenvalue weighted by Gasteiger charge is -2.05. The van der Waals surface area contributed by atoms with Gasteiger partial charge in [0.05, 0.1) is 0 Å². The summed E-state index contributed by atoms with van der Waals surface area (Å²) in [5, 5.41) is 8.53. The molecule has 19 heavy (non-hydrogen) atoms. The van der Waals surface area contributed by atoms with E-state index in [4.69, 9.17) is 5.11 Å². The fourth-order valence-electron chi connectivity index (χ4n) is 1.56. The quantitative estimate of drug-likeness (QED) is 0.737. The molecule has 0 bridgehead atoms. The van der Waals surface area contributed by atoms with Crippen molar-refractivity contribution in [2.75, 3.05) is 0 Å². The fourth-order valence-corrected chi connectivity index (χ4v) is 2.37. The molecule has 9 heteroatoms. The highest BCUT2D eigenvalue weighted by molar-refractivity contribution is 8.00. The Morgan fingerprint density at radius 2 is 2.00 bits per heavy atom. The molecular formula is C10H12N4O4S. The molecule has 2 rings (SSSR count). The highest BCUT2D eigenvalue weighted by Gasteiger charge is 2.19. The Morgan fingerprint density at radius 3 is 2.58 bits per heavy atom. The summed E-state index contributed by atoms with van der Waals surface area (Å²) < 4.78 is 2.43.